The molecule has 108 valence electrons. The molecule has 4 heteroatoms. The van der Waals surface area contributed by atoms with Gasteiger partial charge >= 0.3 is 5.97 Å². The molecule has 2 aromatic rings. The topological polar surface area (TPSA) is 26.3 Å². The van der Waals surface area contributed by atoms with Gasteiger partial charge in [-0.2, -0.15) is 0 Å². The van der Waals surface area contributed by atoms with Crippen LogP contribution in [0.1, 0.15) is 16.7 Å². The van der Waals surface area contributed by atoms with E-state index in [2.05, 4.69) is 0 Å². The van der Waals surface area contributed by atoms with Gasteiger partial charge in [0.15, 0.2) is 0 Å². The standard InChI is InChI=1S/C17H14Cl2O2/c1-11-4-3-5-12(2)17(11)21-16(20)9-7-13-6-8-14(18)10-15(13)19/h3-10H,1-2H3. The number of hydrogen-bond donors (Lipinski definition) is 0. The fraction of sp³-hybridized carbons (Fsp3) is 0.118. The average Bonchev–Trinajstić information content (AvgIpc) is 2.42. The monoisotopic (exact) mass is 320 g/mol. The SMILES string of the molecule is Cc1cccc(C)c1OC(=O)C=Cc1ccc(Cl)cc1Cl. The van der Waals surface area contributed by atoms with Gasteiger partial charge < -0.3 is 4.74 Å². The Morgan fingerprint density at radius 2 is 1.76 bits per heavy atom. The zero-order valence-electron chi connectivity index (χ0n) is 11.7. The predicted octanol–water partition coefficient (Wildman–Crippen LogP) is 5.23. The fourth-order valence-electron chi connectivity index (χ4n) is 1.89. The number of halogens is 2. The maximum absolute atomic E-state index is 11.9. The zero-order chi connectivity index (χ0) is 15.4. The molecule has 0 aliphatic rings. The number of carbonyl (C=O) groups is 1. The quantitative estimate of drug-likeness (QED) is 0.439. The van der Waals surface area contributed by atoms with Gasteiger partial charge in [0.25, 0.3) is 0 Å². The van der Waals surface area contributed by atoms with Crippen molar-refractivity contribution in [1.29, 1.82) is 0 Å². The van der Waals surface area contributed by atoms with Crippen LogP contribution in [0.4, 0.5) is 0 Å². The molecular formula is C17H14Cl2O2. The molecule has 2 nitrogen and oxygen atoms in total. The molecule has 0 aliphatic carbocycles. The van der Waals surface area contributed by atoms with E-state index in [0.717, 1.165) is 11.1 Å². The Balaban J connectivity index is 2.13. The maximum Gasteiger partial charge on any atom is 0.336 e. The van der Waals surface area contributed by atoms with E-state index in [1.165, 1.54) is 6.08 Å². The van der Waals surface area contributed by atoms with Crippen molar-refractivity contribution in [2.45, 2.75) is 13.8 Å². The van der Waals surface area contributed by atoms with Crippen molar-refractivity contribution in [3.63, 3.8) is 0 Å². The summed E-state index contributed by atoms with van der Waals surface area (Å²) in [6.07, 6.45) is 2.95. The highest BCUT2D eigenvalue weighted by molar-refractivity contribution is 6.35. The van der Waals surface area contributed by atoms with E-state index in [9.17, 15) is 4.79 Å². The molecule has 0 saturated heterocycles. The number of esters is 1. The van der Waals surface area contributed by atoms with E-state index >= 15 is 0 Å². The molecule has 0 N–H and O–H groups in total. The van der Waals surface area contributed by atoms with Gasteiger partial charge in [0.05, 0.1) is 0 Å². The first kappa shape index (κ1) is 15.6. The van der Waals surface area contributed by atoms with Crippen LogP contribution < -0.4 is 4.74 Å². The number of benzene rings is 2. The van der Waals surface area contributed by atoms with Crippen LogP contribution in [0.15, 0.2) is 42.5 Å². The minimum atomic E-state index is -0.446. The lowest BCUT2D eigenvalue weighted by atomic mass is 10.1. The van der Waals surface area contributed by atoms with Gasteiger partial charge in [-0.1, -0.05) is 47.5 Å². The van der Waals surface area contributed by atoms with Gasteiger partial charge in [0.1, 0.15) is 5.75 Å². The molecule has 0 aromatic heterocycles. The normalized spacial score (nSPS) is 10.9. The fourth-order valence-corrected chi connectivity index (χ4v) is 2.36. The summed E-state index contributed by atoms with van der Waals surface area (Å²) in [5.41, 5.74) is 2.54. The highest BCUT2D eigenvalue weighted by Gasteiger charge is 2.07. The highest BCUT2D eigenvalue weighted by Crippen LogP contribution is 2.24. The predicted molar refractivity (Wildman–Crippen MR) is 87.0 cm³/mol. The van der Waals surface area contributed by atoms with Crippen molar-refractivity contribution in [1.82, 2.24) is 0 Å². The molecule has 0 atom stereocenters. The molecule has 0 aliphatic heterocycles. The Morgan fingerprint density at radius 1 is 1.10 bits per heavy atom. The second-order valence-electron chi connectivity index (χ2n) is 4.64. The zero-order valence-corrected chi connectivity index (χ0v) is 13.2. The summed E-state index contributed by atoms with van der Waals surface area (Å²) in [5, 5.41) is 1.04. The summed E-state index contributed by atoms with van der Waals surface area (Å²) in [6.45, 7) is 3.80. The molecule has 0 radical (unpaired) electrons. The third kappa shape index (κ3) is 4.10. The van der Waals surface area contributed by atoms with Crippen molar-refractivity contribution in [3.8, 4) is 5.75 Å². The average molecular weight is 321 g/mol. The van der Waals surface area contributed by atoms with E-state index in [-0.39, 0.29) is 0 Å². The minimum Gasteiger partial charge on any atom is -0.423 e. The summed E-state index contributed by atoms with van der Waals surface area (Å²) in [5.74, 6) is 0.146. The number of para-hydroxylation sites is 1. The Labute approximate surface area is 134 Å². The largest absolute Gasteiger partial charge is 0.423 e. The van der Waals surface area contributed by atoms with Gasteiger partial charge in [0.2, 0.25) is 0 Å². The van der Waals surface area contributed by atoms with Gasteiger partial charge in [-0.15, -0.1) is 0 Å². The number of aryl methyl sites for hydroxylation is 2. The van der Waals surface area contributed by atoms with Gasteiger partial charge in [-0.05, 0) is 48.7 Å². The molecule has 21 heavy (non-hydrogen) atoms. The number of carbonyl (C=O) groups excluding carboxylic acids is 1. The highest BCUT2D eigenvalue weighted by atomic mass is 35.5. The first-order valence-corrected chi connectivity index (χ1v) is 7.14. The molecule has 0 fully saturated rings. The maximum atomic E-state index is 11.9. The van der Waals surface area contributed by atoms with Crippen molar-refractivity contribution in [3.05, 3.63) is 69.2 Å². The minimum absolute atomic E-state index is 0.446. The van der Waals surface area contributed by atoms with Crippen LogP contribution in [0.2, 0.25) is 10.0 Å². The second kappa shape index (κ2) is 6.79. The Morgan fingerprint density at radius 3 is 2.38 bits per heavy atom. The first-order valence-electron chi connectivity index (χ1n) is 6.38. The summed E-state index contributed by atoms with van der Waals surface area (Å²) >= 11 is 11.9. The summed E-state index contributed by atoms with van der Waals surface area (Å²) < 4.78 is 5.37. The van der Waals surface area contributed by atoms with E-state index in [4.69, 9.17) is 27.9 Å². The molecule has 2 aromatic carbocycles. The van der Waals surface area contributed by atoms with Crippen molar-refractivity contribution < 1.29 is 9.53 Å². The summed E-state index contributed by atoms with van der Waals surface area (Å²) in [6, 6.07) is 10.8. The van der Waals surface area contributed by atoms with Crippen LogP contribution in [0.5, 0.6) is 5.75 Å². The van der Waals surface area contributed by atoms with E-state index in [0.29, 0.717) is 21.4 Å². The first-order chi connectivity index (χ1) is 9.97. The lowest BCUT2D eigenvalue weighted by molar-refractivity contribution is -0.129. The van der Waals surface area contributed by atoms with E-state index in [1.807, 2.05) is 32.0 Å². The smallest absolute Gasteiger partial charge is 0.336 e. The Hall–Kier alpha value is -1.77. The van der Waals surface area contributed by atoms with Crippen LogP contribution in [-0.4, -0.2) is 5.97 Å². The van der Waals surface area contributed by atoms with Gasteiger partial charge in [0, 0.05) is 16.1 Å². The molecule has 0 unspecified atom stereocenters. The number of hydrogen-bond acceptors (Lipinski definition) is 2. The number of rotatable bonds is 3. The lowest BCUT2D eigenvalue weighted by Gasteiger charge is -2.08. The van der Waals surface area contributed by atoms with Crippen molar-refractivity contribution in [2.75, 3.05) is 0 Å². The molecule has 0 heterocycles. The third-order valence-electron chi connectivity index (χ3n) is 2.97. The molecular weight excluding hydrogens is 307 g/mol. The van der Waals surface area contributed by atoms with Crippen LogP contribution in [-0.2, 0) is 4.79 Å². The second-order valence-corrected chi connectivity index (χ2v) is 5.48. The molecule has 0 amide bonds. The summed E-state index contributed by atoms with van der Waals surface area (Å²) in [7, 11) is 0. The van der Waals surface area contributed by atoms with Gasteiger partial charge in [-0.3, -0.25) is 0 Å². The summed E-state index contributed by atoms with van der Waals surface area (Å²) in [4.78, 5) is 11.9. The van der Waals surface area contributed by atoms with Crippen molar-refractivity contribution in [2.24, 2.45) is 0 Å². The molecule has 2 rings (SSSR count). The Kier molecular flexibility index (Phi) is 5.05. The van der Waals surface area contributed by atoms with Crippen LogP contribution in [0.25, 0.3) is 6.08 Å². The van der Waals surface area contributed by atoms with Crippen molar-refractivity contribution >= 4 is 35.2 Å². The molecule has 0 saturated carbocycles. The van der Waals surface area contributed by atoms with Crippen LogP contribution >= 0.6 is 23.2 Å². The molecule has 0 spiro atoms. The molecule has 0 bridgehead atoms. The van der Waals surface area contributed by atoms with Gasteiger partial charge in [-0.25, -0.2) is 4.79 Å². The third-order valence-corrected chi connectivity index (χ3v) is 3.54. The Bertz CT molecular complexity index is 686. The lowest BCUT2D eigenvalue weighted by Crippen LogP contribution is -2.06. The van der Waals surface area contributed by atoms with Crippen LogP contribution in [0, 0.1) is 13.8 Å². The van der Waals surface area contributed by atoms with Crippen LogP contribution in [0.3, 0.4) is 0 Å². The number of ether oxygens (including phenoxy) is 1. The van der Waals surface area contributed by atoms with E-state index < -0.39 is 5.97 Å². The van der Waals surface area contributed by atoms with E-state index in [1.54, 1.807) is 24.3 Å².